The van der Waals surface area contributed by atoms with Crippen LogP contribution in [0.15, 0.2) is 16.9 Å². The standard InChI is InChI=1S/C7H8BrClN2O2S/c1-5-2-6(3-10-7(5)8)11-14(12,13)4-9/h2-3,11H,4H2,1H3. The van der Waals surface area contributed by atoms with Gasteiger partial charge in [0, 0.05) is 0 Å². The van der Waals surface area contributed by atoms with Crippen molar-refractivity contribution in [3.8, 4) is 0 Å². The number of pyridine rings is 1. The molecular formula is C7H8BrClN2O2S. The summed E-state index contributed by atoms with van der Waals surface area (Å²) < 4.78 is 25.1. The normalized spacial score (nSPS) is 11.4. The average Bonchev–Trinajstić information content (AvgIpc) is 2.11. The van der Waals surface area contributed by atoms with Gasteiger partial charge in [-0.05, 0) is 34.5 Å². The molecule has 1 heterocycles. The van der Waals surface area contributed by atoms with E-state index >= 15 is 0 Å². The molecule has 78 valence electrons. The summed E-state index contributed by atoms with van der Waals surface area (Å²) in [6.07, 6.45) is 1.42. The van der Waals surface area contributed by atoms with E-state index in [0.29, 0.717) is 10.3 Å². The van der Waals surface area contributed by atoms with Crippen molar-refractivity contribution in [1.82, 2.24) is 4.98 Å². The molecule has 14 heavy (non-hydrogen) atoms. The van der Waals surface area contributed by atoms with Crippen LogP contribution in [0.2, 0.25) is 0 Å². The van der Waals surface area contributed by atoms with E-state index in [1.807, 2.05) is 6.92 Å². The van der Waals surface area contributed by atoms with Gasteiger partial charge in [-0.2, -0.15) is 0 Å². The van der Waals surface area contributed by atoms with Gasteiger partial charge in [0.25, 0.3) is 0 Å². The van der Waals surface area contributed by atoms with Crippen molar-refractivity contribution in [2.24, 2.45) is 0 Å². The Labute approximate surface area is 95.9 Å². The van der Waals surface area contributed by atoms with E-state index in [-0.39, 0.29) is 0 Å². The lowest BCUT2D eigenvalue weighted by Gasteiger charge is -2.05. The van der Waals surface area contributed by atoms with E-state index in [4.69, 9.17) is 11.6 Å². The quantitative estimate of drug-likeness (QED) is 0.687. The Morgan fingerprint density at radius 2 is 2.29 bits per heavy atom. The van der Waals surface area contributed by atoms with Crippen LogP contribution in [0, 0.1) is 6.92 Å². The molecule has 0 aromatic carbocycles. The van der Waals surface area contributed by atoms with E-state index in [9.17, 15) is 8.42 Å². The first-order valence-electron chi connectivity index (χ1n) is 3.63. The second-order valence-corrected chi connectivity index (χ2v) is 5.72. The van der Waals surface area contributed by atoms with Crippen molar-refractivity contribution in [3.63, 3.8) is 0 Å². The van der Waals surface area contributed by atoms with Crippen LogP contribution in [0.4, 0.5) is 5.69 Å². The van der Waals surface area contributed by atoms with Gasteiger partial charge in [-0.1, -0.05) is 0 Å². The van der Waals surface area contributed by atoms with Crippen LogP contribution in [0.25, 0.3) is 0 Å². The predicted molar refractivity (Wildman–Crippen MR) is 59.9 cm³/mol. The third kappa shape index (κ3) is 3.11. The molecular weight excluding hydrogens is 292 g/mol. The third-order valence-corrected chi connectivity index (χ3v) is 3.96. The zero-order chi connectivity index (χ0) is 10.8. The summed E-state index contributed by atoms with van der Waals surface area (Å²) in [5.74, 6) is 0. The topological polar surface area (TPSA) is 59.1 Å². The highest BCUT2D eigenvalue weighted by Crippen LogP contribution is 2.17. The van der Waals surface area contributed by atoms with E-state index in [1.165, 1.54) is 6.20 Å². The second-order valence-electron chi connectivity index (χ2n) is 2.66. The first-order valence-corrected chi connectivity index (χ1v) is 6.61. The molecule has 0 saturated heterocycles. The van der Waals surface area contributed by atoms with Crippen LogP contribution in [0.3, 0.4) is 0 Å². The second kappa shape index (κ2) is 4.46. The highest BCUT2D eigenvalue weighted by molar-refractivity contribution is 9.10. The maximum absolute atomic E-state index is 11.1. The van der Waals surface area contributed by atoms with Gasteiger partial charge < -0.3 is 0 Å². The van der Waals surface area contributed by atoms with Crippen molar-refractivity contribution < 1.29 is 8.42 Å². The number of hydrogen-bond donors (Lipinski definition) is 1. The van der Waals surface area contributed by atoms with Gasteiger partial charge in [0.05, 0.1) is 11.9 Å². The van der Waals surface area contributed by atoms with Crippen LogP contribution in [0.1, 0.15) is 5.56 Å². The molecule has 0 atom stereocenters. The number of rotatable bonds is 3. The Morgan fingerprint density at radius 3 is 2.79 bits per heavy atom. The Kier molecular flexibility index (Phi) is 3.74. The Bertz CT molecular complexity index is 435. The highest BCUT2D eigenvalue weighted by atomic mass is 79.9. The van der Waals surface area contributed by atoms with Crippen molar-refractivity contribution in [1.29, 1.82) is 0 Å². The summed E-state index contributed by atoms with van der Waals surface area (Å²) in [5.41, 5.74) is 1.26. The lowest BCUT2D eigenvalue weighted by molar-refractivity contribution is 0.605. The minimum atomic E-state index is -3.44. The number of alkyl halides is 1. The van der Waals surface area contributed by atoms with Crippen LogP contribution in [-0.4, -0.2) is 18.6 Å². The molecule has 1 aromatic heterocycles. The van der Waals surface area contributed by atoms with Gasteiger partial charge in [0.1, 0.15) is 9.82 Å². The number of sulfonamides is 1. The first-order chi connectivity index (χ1) is 6.44. The van der Waals surface area contributed by atoms with Crippen LogP contribution >= 0.6 is 27.5 Å². The van der Waals surface area contributed by atoms with Gasteiger partial charge in [-0.3, -0.25) is 4.72 Å². The fourth-order valence-corrected chi connectivity index (χ4v) is 1.73. The minimum Gasteiger partial charge on any atom is -0.281 e. The minimum absolute atomic E-state index is 0.409. The molecule has 0 spiro atoms. The van der Waals surface area contributed by atoms with Crippen molar-refractivity contribution in [2.45, 2.75) is 6.92 Å². The zero-order valence-electron chi connectivity index (χ0n) is 7.29. The van der Waals surface area contributed by atoms with E-state index in [0.717, 1.165) is 5.56 Å². The third-order valence-electron chi connectivity index (χ3n) is 1.43. The average molecular weight is 300 g/mol. The predicted octanol–water partition coefficient (Wildman–Crippen LogP) is 2.09. The van der Waals surface area contributed by atoms with Crippen molar-refractivity contribution in [2.75, 3.05) is 9.93 Å². The van der Waals surface area contributed by atoms with Gasteiger partial charge >= 0.3 is 0 Å². The summed E-state index contributed by atoms with van der Waals surface area (Å²) in [6.45, 7) is 1.82. The number of hydrogen-bond acceptors (Lipinski definition) is 3. The molecule has 1 rings (SSSR count). The maximum Gasteiger partial charge on any atom is 0.246 e. The summed E-state index contributed by atoms with van der Waals surface area (Å²) in [5, 5.41) is -0.470. The number of aryl methyl sites for hydroxylation is 1. The van der Waals surface area contributed by atoms with Crippen molar-refractivity contribution >= 4 is 43.2 Å². The molecule has 0 aliphatic heterocycles. The molecule has 0 radical (unpaired) electrons. The number of nitrogens with zero attached hydrogens (tertiary/aromatic N) is 1. The molecule has 0 aliphatic rings. The first kappa shape index (κ1) is 11.7. The summed E-state index contributed by atoms with van der Waals surface area (Å²) in [6, 6.07) is 1.67. The van der Waals surface area contributed by atoms with Gasteiger partial charge in [-0.25, -0.2) is 13.4 Å². The monoisotopic (exact) mass is 298 g/mol. The molecule has 0 aliphatic carbocycles. The Morgan fingerprint density at radius 1 is 1.64 bits per heavy atom. The number of anilines is 1. The fraction of sp³-hybridized carbons (Fsp3) is 0.286. The fourth-order valence-electron chi connectivity index (χ4n) is 0.821. The van der Waals surface area contributed by atoms with Crippen molar-refractivity contribution in [3.05, 3.63) is 22.4 Å². The Balaban J connectivity index is 2.94. The molecule has 1 aromatic rings. The maximum atomic E-state index is 11.1. The summed E-state index contributed by atoms with van der Waals surface area (Å²) in [4.78, 5) is 3.94. The number of aromatic nitrogens is 1. The molecule has 0 saturated carbocycles. The largest absolute Gasteiger partial charge is 0.281 e. The SMILES string of the molecule is Cc1cc(NS(=O)(=O)CCl)cnc1Br. The van der Waals surface area contributed by atoms with Crippen LogP contribution in [0.5, 0.6) is 0 Å². The summed E-state index contributed by atoms with van der Waals surface area (Å²) in [7, 11) is -3.44. The van der Waals surface area contributed by atoms with E-state index < -0.39 is 15.2 Å². The highest BCUT2D eigenvalue weighted by Gasteiger charge is 2.08. The molecule has 0 fully saturated rings. The van der Waals surface area contributed by atoms with Gasteiger partial charge in [0.2, 0.25) is 10.0 Å². The molecule has 4 nitrogen and oxygen atoms in total. The van der Waals surface area contributed by atoms with Gasteiger partial charge in [-0.15, -0.1) is 11.6 Å². The van der Waals surface area contributed by atoms with Crippen LogP contribution < -0.4 is 4.72 Å². The van der Waals surface area contributed by atoms with E-state index in [1.54, 1.807) is 6.07 Å². The smallest absolute Gasteiger partial charge is 0.246 e. The number of halogens is 2. The zero-order valence-corrected chi connectivity index (χ0v) is 10.4. The molecule has 0 bridgehead atoms. The molecule has 1 N–H and O–H groups in total. The Hall–Kier alpha value is -0.330. The summed E-state index contributed by atoms with van der Waals surface area (Å²) >= 11 is 8.45. The number of nitrogens with one attached hydrogen (secondary N) is 1. The van der Waals surface area contributed by atoms with Gasteiger partial charge in [0.15, 0.2) is 0 Å². The van der Waals surface area contributed by atoms with Crippen LogP contribution in [-0.2, 0) is 10.0 Å². The lowest BCUT2D eigenvalue weighted by atomic mass is 10.3. The molecule has 0 unspecified atom stereocenters. The lowest BCUT2D eigenvalue weighted by Crippen LogP contribution is -2.13. The van der Waals surface area contributed by atoms with E-state index in [2.05, 4.69) is 25.6 Å². The molecule has 7 heteroatoms. The molecule has 0 amide bonds.